The lowest BCUT2D eigenvalue weighted by Gasteiger charge is -2.29. The molecular weight excluding hydrogens is 402 g/mol. The Morgan fingerprint density at radius 1 is 1.23 bits per heavy atom. The van der Waals surface area contributed by atoms with Gasteiger partial charge in [-0.1, -0.05) is 46.8 Å². The Balaban J connectivity index is 0.00000320. The Labute approximate surface area is 185 Å². The maximum atomic E-state index is 13.3. The molecule has 2 heterocycles. The maximum absolute atomic E-state index is 13.3. The molecule has 0 unspecified atom stereocenters. The molecule has 0 spiro atoms. The minimum absolute atomic E-state index is 0. The molecule has 166 valence electrons. The summed E-state index contributed by atoms with van der Waals surface area (Å²) in [4.78, 5) is 27.8. The molecule has 7 heteroatoms. The van der Waals surface area contributed by atoms with Crippen molar-refractivity contribution in [3.05, 3.63) is 47.4 Å². The molecule has 2 amide bonds. The summed E-state index contributed by atoms with van der Waals surface area (Å²) in [6, 6.07) is 6.66. The first-order valence-corrected chi connectivity index (χ1v) is 10.4. The fourth-order valence-electron chi connectivity index (χ4n) is 4.11. The van der Waals surface area contributed by atoms with Crippen LogP contribution >= 0.6 is 12.4 Å². The van der Waals surface area contributed by atoms with Crippen molar-refractivity contribution < 1.29 is 14.7 Å². The van der Waals surface area contributed by atoms with E-state index in [1.807, 2.05) is 38.1 Å². The van der Waals surface area contributed by atoms with Crippen LogP contribution in [0.2, 0.25) is 0 Å². The number of likely N-dealkylation sites (tertiary alicyclic amines) is 1. The number of carbonyl (C=O) groups is 2. The second-order valence-corrected chi connectivity index (χ2v) is 9.59. The Hall–Kier alpha value is -2.21. The Morgan fingerprint density at radius 3 is 2.43 bits per heavy atom. The van der Waals surface area contributed by atoms with E-state index in [-0.39, 0.29) is 53.4 Å². The standard InChI is InChI=1S/C23H33N3O3.ClH/c1-14(2)12-18(22(29)26-11-10-17-20(26)19(27)13-24-17)25-21(28)15-6-8-16(9-7-15)23(3,4)5;/h6-9,13-14,17-18,20,24,27H,10-12H2,1-5H3,(H,25,28);1H/t17-,18+,20+;/m1./s1. The third kappa shape index (κ3) is 5.09. The average molecular weight is 436 g/mol. The highest BCUT2D eigenvalue weighted by Gasteiger charge is 2.44. The zero-order chi connectivity index (χ0) is 21.3. The molecular formula is C23H34ClN3O3. The Morgan fingerprint density at radius 2 is 1.87 bits per heavy atom. The van der Waals surface area contributed by atoms with Gasteiger partial charge in [0.2, 0.25) is 5.91 Å². The number of aliphatic hydroxyl groups excluding tert-OH is 1. The molecule has 30 heavy (non-hydrogen) atoms. The lowest BCUT2D eigenvalue weighted by Crippen LogP contribution is -2.52. The number of nitrogens with zero attached hydrogens (tertiary/aromatic N) is 1. The molecule has 0 aliphatic carbocycles. The van der Waals surface area contributed by atoms with Crippen LogP contribution in [0.4, 0.5) is 0 Å². The molecule has 0 saturated carbocycles. The summed E-state index contributed by atoms with van der Waals surface area (Å²) in [5.74, 6) is 0.0593. The van der Waals surface area contributed by atoms with E-state index in [1.165, 1.54) is 0 Å². The number of fused-ring (bicyclic) bond motifs is 1. The smallest absolute Gasteiger partial charge is 0.251 e. The number of aliphatic hydroxyl groups is 1. The van der Waals surface area contributed by atoms with Crippen molar-refractivity contribution in [3.8, 4) is 0 Å². The molecule has 3 atom stereocenters. The lowest BCUT2D eigenvalue weighted by atomic mass is 9.86. The van der Waals surface area contributed by atoms with Crippen molar-refractivity contribution in [1.82, 2.24) is 15.5 Å². The zero-order valence-electron chi connectivity index (χ0n) is 18.4. The first-order chi connectivity index (χ1) is 13.6. The van der Waals surface area contributed by atoms with E-state index in [9.17, 15) is 14.7 Å². The summed E-state index contributed by atoms with van der Waals surface area (Å²) in [5, 5.41) is 16.2. The second-order valence-electron chi connectivity index (χ2n) is 9.59. The number of amides is 2. The number of hydrogen-bond donors (Lipinski definition) is 3. The first-order valence-electron chi connectivity index (χ1n) is 10.4. The molecule has 1 aromatic rings. The van der Waals surface area contributed by atoms with Gasteiger partial charge in [-0.3, -0.25) is 9.59 Å². The van der Waals surface area contributed by atoms with Crippen LogP contribution in [0.1, 0.15) is 63.4 Å². The molecule has 0 radical (unpaired) electrons. The van der Waals surface area contributed by atoms with E-state index >= 15 is 0 Å². The van der Waals surface area contributed by atoms with Crippen LogP contribution in [0.3, 0.4) is 0 Å². The van der Waals surface area contributed by atoms with E-state index in [1.54, 1.807) is 11.1 Å². The monoisotopic (exact) mass is 435 g/mol. The first kappa shape index (κ1) is 24.1. The van der Waals surface area contributed by atoms with Gasteiger partial charge in [0.25, 0.3) is 5.91 Å². The molecule has 3 N–H and O–H groups in total. The van der Waals surface area contributed by atoms with Crippen molar-refractivity contribution in [2.24, 2.45) is 5.92 Å². The molecule has 6 nitrogen and oxygen atoms in total. The Kier molecular flexibility index (Phi) is 7.45. The topological polar surface area (TPSA) is 81.7 Å². The van der Waals surface area contributed by atoms with Crippen molar-refractivity contribution >= 4 is 24.2 Å². The van der Waals surface area contributed by atoms with Crippen molar-refractivity contribution in [2.45, 2.75) is 71.0 Å². The third-order valence-electron chi connectivity index (χ3n) is 5.75. The van der Waals surface area contributed by atoms with Crippen molar-refractivity contribution in [3.63, 3.8) is 0 Å². The highest BCUT2D eigenvalue weighted by atomic mass is 35.5. The molecule has 2 aliphatic heterocycles. The van der Waals surface area contributed by atoms with Crippen LogP contribution in [0.5, 0.6) is 0 Å². The van der Waals surface area contributed by atoms with E-state index in [0.717, 1.165) is 12.0 Å². The number of halogens is 1. The van der Waals surface area contributed by atoms with Gasteiger partial charge in [0.15, 0.2) is 0 Å². The molecule has 0 aromatic heterocycles. The summed E-state index contributed by atoms with van der Waals surface area (Å²) in [7, 11) is 0. The van der Waals surface area contributed by atoms with Gasteiger partial charge in [0, 0.05) is 18.3 Å². The number of hydrogen-bond acceptors (Lipinski definition) is 4. The van der Waals surface area contributed by atoms with Crippen LogP contribution in [0, 0.1) is 5.92 Å². The summed E-state index contributed by atoms with van der Waals surface area (Å²) in [5.41, 5.74) is 1.72. The number of nitrogens with one attached hydrogen (secondary N) is 2. The predicted octanol–water partition coefficient (Wildman–Crippen LogP) is 3.52. The predicted molar refractivity (Wildman–Crippen MR) is 121 cm³/mol. The fraction of sp³-hybridized carbons (Fsp3) is 0.565. The molecule has 1 aromatic carbocycles. The quantitative estimate of drug-likeness (QED) is 0.660. The van der Waals surface area contributed by atoms with Gasteiger partial charge in [0.1, 0.15) is 17.8 Å². The minimum Gasteiger partial charge on any atom is -0.509 e. The van der Waals surface area contributed by atoms with Gasteiger partial charge in [0.05, 0.1) is 6.04 Å². The molecule has 1 fully saturated rings. The van der Waals surface area contributed by atoms with Gasteiger partial charge in [-0.15, -0.1) is 12.4 Å². The summed E-state index contributed by atoms with van der Waals surface area (Å²) in [6.07, 6.45) is 2.91. The Bertz CT molecular complexity index is 799. The second kappa shape index (κ2) is 9.29. The summed E-state index contributed by atoms with van der Waals surface area (Å²) >= 11 is 0. The van der Waals surface area contributed by atoms with E-state index < -0.39 is 6.04 Å². The van der Waals surface area contributed by atoms with E-state index in [2.05, 4.69) is 31.4 Å². The molecule has 0 bridgehead atoms. The maximum Gasteiger partial charge on any atom is 0.251 e. The number of benzene rings is 1. The third-order valence-corrected chi connectivity index (χ3v) is 5.75. The van der Waals surface area contributed by atoms with Crippen LogP contribution in [0.15, 0.2) is 36.2 Å². The van der Waals surface area contributed by atoms with Gasteiger partial charge in [-0.25, -0.2) is 0 Å². The fourth-order valence-corrected chi connectivity index (χ4v) is 4.11. The molecule has 3 rings (SSSR count). The van der Waals surface area contributed by atoms with Gasteiger partial charge in [-0.05, 0) is 41.9 Å². The highest BCUT2D eigenvalue weighted by molar-refractivity contribution is 5.97. The molecule has 1 saturated heterocycles. The van der Waals surface area contributed by atoms with Crippen LogP contribution in [-0.4, -0.2) is 46.5 Å². The zero-order valence-corrected chi connectivity index (χ0v) is 19.3. The van der Waals surface area contributed by atoms with E-state index in [4.69, 9.17) is 0 Å². The van der Waals surface area contributed by atoms with Gasteiger partial charge < -0.3 is 20.6 Å². The minimum atomic E-state index is -0.614. The van der Waals surface area contributed by atoms with Gasteiger partial charge in [-0.2, -0.15) is 0 Å². The van der Waals surface area contributed by atoms with Gasteiger partial charge >= 0.3 is 0 Å². The number of carbonyl (C=O) groups excluding carboxylic acids is 2. The van der Waals surface area contributed by atoms with Crippen LogP contribution in [0.25, 0.3) is 0 Å². The number of rotatable bonds is 5. The van der Waals surface area contributed by atoms with Crippen molar-refractivity contribution in [1.29, 1.82) is 0 Å². The average Bonchev–Trinajstić information content (AvgIpc) is 3.23. The molecule has 2 aliphatic rings. The SMILES string of the molecule is CC(C)C[C@H](NC(=O)c1ccc(C(C)(C)C)cc1)C(=O)N1CC[C@H]2NC=C(O)[C@H]21.Cl. The lowest BCUT2D eigenvalue weighted by molar-refractivity contribution is -0.134. The van der Waals surface area contributed by atoms with Crippen LogP contribution < -0.4 is 10.6 Å². The largest absolute Gasteiger partial charge is 0.509 e. The summed E-state index contributed by atoms with van der Waals surface area (Å²) in [6.45, 7) is 11.0. The normalized spacial score (nSPS) is 21.4. The highest BCUT2D eigenvalue weighted by Crippen LogP contribution is 2.28. The summed E-state index contributed by atoms with van der Waals surface area (Å²) < 4.78 is 0. The van der Waals surface area contributed by atoms with Crippen molar-refractivity contribution in [2.75, 3.05) is 6.54 Å². The van der Waals surface area contributed by atoms with E-state index in [0.29, 0.717) is 18.5 Å². The van der Waals surface area contributed by atoms with Crippen LogP contribution in [-0.2, 0) is 10.2 Å².